The van der Waals surface area contributed by atoms with Gasteiger partial charge in [0.25, 0.3) is 0 Å². The molecule has 3 atom stereocenters. The summed E-state index contributed by atoms with van der Waals surface area (Å²) in [5.74, 6) is 3.20. The maximum atomic E-state index is 11.8. The Morgan fingerprint density at radius 2 is 2.17 bits per heavy atom. The van der Waals surface area contributed by atoms with Crippen LogP contribution < -0.4 is 5.32 Å². The minimum Gasteiger partial charge on any atom is -0.380 e. The summed E-state index contributed by atoms with van der Waals surface area (Å²) < 4.78 is 5.26. The van der Waals surface area contributed by atoms with Gasteiger partial charge in [0, 0.05) is 25.5 Å². The van der Waals surface area contributed by atoms with Crippen LogP contribution in [-0.2, 0) is 9.53 Å². The normalized spacial score (nSPS) is 29.7. The molecule has 0 saturated heterocycles. The van der Waals surface area contributed by atoms with Crippen LogP contribution in [0.3, 0.4) is 0 Å². The molecule has 2 aliphatic carbocycles. The van der Waals surface area contributed by atoms with Gasteiger partial charge in [-0.1, -0.05) is 6.42 Å². The summed E-state index contributed by atoms with van der Waals surface area (Å²) in [6.45, 7) is 2.00. The Hall–Kier alpha value is -0.280. The number of ether oxygens (including phenoxy) is 1. The Labute approximate surface area is 115 Å². The van der Waals surface area contributed by atoms with Crippen molar-refractivity contribution in [2.24, 2.45) is 17.8 Å². The number of rotatable bonds is 8. The van der Waals surface area contributed by atoms with E-state index in [0.29, 0.717) is 25.0 Å². The van der Waals surface area contributed by atoms with Crippen LogP contribution >= 0.6 is 11.6 Å². The summed E-state index contributed by atoms with van der Waals surface area (Å²) in [6.07, 6.45) is 7.04. The second kappa shape index (κ2) is 7.34. The van der Waals surface area contributed by atoms with Crippen LogP contribution in [-0.4, -0.2) is 31.5 Å². The zero-order valence-corrected chi connectivity index (χ0v) is 11.8. The molecular formula is C14H24ClNO2. The van der Waals surface area contributed by atoms with Gasteiger partial charge in [-0.15, -0.1) is 11.6 Å². The van der Waals surface area contributed by atoms with Gasteiger partial charge in [0.2, 0.25) is 5.91 Å². The first-order valence-electron chi connectivity index (χ1n) is 7.20. The van der Waals surface area contributed by atoms with Gasteiger partial charge >= 0.3 is 0 Å². The van der Waals surface area contributed by atoms with Gasteiger partial charge in [0.1, 0.15) is 0 Å². The first kappa shape index (κ1) is 14.1. The highest BCUT2D eigenvalue weighted by Crippen LogP contribution is 2.49. The average molecular weight is 274 g/mol. The fourth-order valence-corrected chi connectivity index (χ4v) is 3.60. The number of nitrogens with one attached hydrogen (secondary N) is 1. The molecular weight excluding hydrogens is 250 g/mol. The molecule has 0 aromatic rings. The molecule has 0 aromatic heterocycles. The number of hydrogen-bond donors (Lipinski definition) is 1. The Bertz CT molecular complexity index is 273. The second-order valence-electron chi connectivity index (χ2n) is 5.64. The van der Waals surface area contributed by atoms with E-state index in [1.807, 2.05) is 0 Å². The SMILES string of the molecule is O=C(CC1CC2CCC1C2)NCCCOCCCl. The zero-order valence-electron chi connectivity index (χ0n) is 11.0. The fraction of sp³-hybridized carbons (Fsp3) is 0.929. The minimum absolute atomic E-state index is 0.227. The topological polar surface area (TPSA) is 38.3 Å². The summed E-state index contributed by atoms with van der Waals surface area (Å²) in [5, 5.41) is 2.99. The largest absolute Gasteiger partial charge is 0.380 e. The number of alkyl halides is 1. The van der Waals surface area contributed by atoms with Crippen molar-refractivity contribution >= 4 is 17.5 Å². The summed E-state index contributed by atoms with van der Waals surface area (Å²) in [4.78, 5) is 11.8. The van der Waals surface area contributed by atoms with Gasteiger partial charge in [-0.3, -0.25) is 4.79 Å². The van der Waals surface area contributed by atoms with Crippen LogP contribution in [0.1, 0.15) is 38.5 Å². The molecule has 2 aliphatic rings. The number of carbonyl (C=O) groups excluding carboxylic acids is 1. The van der Waals surface area contributed by atoms with Crippen LogP contribution in [0.2, 0.25) is 0 Å². The van der Waals surface area contributed by atoms with Crippen molar-refractivity contribution in [3.63, 3.8) is 0 Å². The van der Waals surface area contributed by atoms with Crippen molar-refractivity contribution in [2.75, 3.05) is 25.6 Å². The molecule has 0 heterocycles. The van der Waals surface area contributed by atoms with E-state index >= 15 is 0 Å². The Morgan fingerprint density at radius 1 is 1.28 bits per heavy atom. The molecule has 2 bridgehead atoms. The van der Waals surface area contributed by atoms with Gasteiger partial charge in [0.15, 0.2) is 0 Å². The molecule has 3 unspecified atom stereocenters. The van der Waals surface area contributed by atoms with Crippen molar-refractivity contribution in [2.45, 2.75) is 38.5 Å². The van der Waals surface area contributed by atoms with Crippen molar-refractivity contribution in [1.29, 1.82) is 0 Å². The van der Waals surface area contributed by atoms with E-state index in [1.54, 1.807) is 0 Å². The van der Waals surface area contributed by atoms with E-state index in [0.717, 1.165) is 31.2 Å². The highest BCUT2D eigenvalue weighted by atomic mass is 35.5. The van der Waals surface area contributed by atoms with Crippen molar-refractivity contribution < 1.29 is 9.53 Å². The smallest absolute Gasteiger partial charge is 0.220 e. The second-order valence-corrected chi connectivity index (χ2v) is 6.02. The van der Waals surface area contributed by atoms with Gasteiger partial charge in [0.05, 0.1) is 6.61 Å². The molecule has 18 heavy (non-hydrogen) atoms. The molecule has 1 N–H and O–H groups in total. The van der Waals surface area contributed by atoms with Gasteiger partial charge in [-0.2, -0.15) is 0 Å². The van der Waals surface area contributed by atoms with E-state index in [4.69, 9.17) is 16.3 Å². The third-order valence-electron chi connectivity index (χ3n) is 4.34. The summed E-state index contributed by atoms with van der Waals surface area (Å²) in [7, 11) is 0. The van der Waals surface area contributed by atoms with Crippen LogP contribution in [0.5, 0.6) is 0 Å². The highest BCUT2D eigenvalue weighted by Gasteiger charge is 2.39. The Kier molecular flexibility index (Phi) is 5.77. The molecule has 0 aliphatic heterocycles. The molecule has 0 radical (unpaired) electrons. The third kappa shape index (κ3) is 4.13. The van der Waals surface area contributed by atoms with Crippen molar-refractivity contribution in [1.82, 2.24) is 5.32 Å². The molecule has 0 aromatic carbocycles. The minimum atomic E-state index is 0.227. The number of carbonyl (C=O) groups is 1. The van der Waals surface area contributed by atoms with E-state index in [2.05, 4.69) is 5.32 Å². The molecule has 2 saturated carbocycles. The number of fused-ring (bicyclic) bond motifs is 2. The Morgan fingerprint density at radius 3 is 2.83 bits per heavy atom. The highest BCUT2D eigenvalue weighted by molar-refractivity contribution is 6.17. The lowest BCUT2D eigenvalue weighted by atomic mass is 9.86. The number of hydrogen-bond acceptors (Lipinski definition) is 2. The fourth-order valence-electron chi connectivity index (χ4n) is 3.50. The Balaban J connectivity index is 1.50. The van der Waals surface area contributed by atoms with Gasteiger partial charge in [-0.05, 0) is 43.4 Å². The maximum absolute atomic E-state index is 11.8. The predicted octanol–water partition coefficient (Wildman–Crippen LogP) is 2.57. The van der Waals surface area contributed by atoms with Crippen LogP contribution in [0.4, 0.5) is 0 Å². The van der Waals surface area contributed by atoms with Crippen LogP contribution in [0.15, 0.2) is 0 Å². The quantitative estimate of drug-likeness (QED) is 0.545. The molecule has 2 fully saturated rings. The first-order valence-corrected chi connectivity index (χ1v) is 7.73. The van der Waals surface area contributed by atoms with E-state index in [1.165, 1.54) is 25.7 Å². The monoisotopic (exact) mass is 273 g/mol. The average Bonchev–Trinajstić information content (AvgIpc) is 2.95. The van der Waals surface area contributed by atoms with Crippen molar-refractivity contribution in [3.8, 4) is 0 Å². The van der Waals surface area contributed by atoms with E-state index < -0.39 is 0 Å². The summed E-state index contributed by atoms with van der Waals surface area (Å²) in [5.41, 5.74) is 0. The zero-order chi connectivity index (χ0) is 12.8. The van der Waals surface area contributed by atoms with Crippen LogP contribution in [0, 0.1) is 17.8 Å². The molecule has 2 rings (SSSR count). The van der Waals surface area contributed by atoms with Crippen molar-refractivity contribution in [3.05, 3.63) is 0 Å². The summed E-state index contributed by atoms with van der Waals surface area (Å²) in [6, 6.07) is 0. The molecule has 104 valence electrons. The lowest BCUT2D eigenvalue weighted by molar-refractivity contribution is -0.122. The summed E-state index contributed by atoms with van der Waals surface area (Å²) >= 11 is 5.50. The number of halogens is 1. The van der Waals surface area contributed by atoms with Gasteiger partial charge < -0.3 is 10.1 Å². The standard InChI is InChI=1S/C14H24ClNO2/c15-4-7-18-6-1-5-16-14(17)10-13-9-11-2-3-12(13)8-11/h11-13H,1-10H2,(H,16,17). The molecule has 1 amide bonds. The maximum Gasteiger partial charge on any atom is 0.220 e. The molecule has 0 spiro atoms. The predicted molar refractivity (Wildman–Crippen MR) is 72.7 cm³/mol. The van der Waals surface area contributed by atoms with E-state index in [-0.39, 0.29) is 5.91 Å². The first-order chi connectivity index (χ1) is 8.79. The van der Waals surface area contributed by atoms with Crippen LogP contribution in [0.25, 0.3) is 0 Å². The molecule has 3 nitrogen and oxygen atoms in total. The molecule has 4 heteroatoms. The lowest BCUT2D eigenvalue weighted by Crippen LogP contribution is -2.28. The van der Waals surface area contributed by atoms with E-state index in [9.17, 15) is 4.79 Å². The number of amides is 1. The third-order valence-corrected chi connectivity index (χ3v) is 4.50. The lowest BCUT2D eigenvalue weighted by Gasteiger charge is -2.20. The van der Waals surface area contributed by atoms with Gasteiger partial charge in [-0.25, -0.2) is 0 Å².